The van der Waals surface area contributed by atoms with E-state index < -0.39 is 23.4 Å². The third-order valence-corrected chi connectivity index (χ3v) is 1.97. The number of alkyl halides is 3. The van der Waals surface area contributed by atoms with Crippen molar-refractivity contribution in [2.24, 2.45) is 0 Å². The van der Waals surface area contributed by atoms with Gasteiger partial charge in [-0.25, -0.2) is 13.8 Å². The summed E-state index contributed by atoms with van der Waals surface area (Å²) in [5, 5.41) is 9.16. The average Bonchev–Trinajstić information content (AvgIpc) is 2.17. The smallest absolute Gasteiger partial charge is 0.266 e. The summed E-state index contributed by atoms with van der Waals surface area (Å²) >= 11 is 5.37. The van der Waals surface area contributed by atoms with Crippen molar-refractivity contribution in [1.82, 2.24) is 4.98 Å². The molecule has 6 heteroatoms. The van der Waals surface area contributed by atoms with Gasteiger partial charge in [-0.1, -0.05) is 0 Å². The molecule has 0 saturated heterocycles. The van der Waals surface area contributed by atoms with E-state index in [2.05, 4.69) is 4.98 Å². The van der Waals surface area contributed by atoms with Gasteiger partial charge in [-0.3, -0.25) is 4.79 Å². The number of carbonyl (C=O) groups excluding carboxylic acids is 1. The molecule has 1 heterocycles. The lowest BCUT2D eigenvalue weighted by Crippen LogP contribution is -2.02. The molecule has 0 unspecified atom stereocenters. The van der Waals surface area contributed by atoms with E-state index in [-0.39, 0.29) is 17.7 Å². The van der Waals surface area contributed by atoms with Gasteiger partial charge in [0.05, 0.1) is 17.6 Å². The largest absolute Gasteiger partial charge is 0.506 e. The Bertz CT molecular complexity index is 357. The lowest BCUT2D eigenvalue weighted by Gasteiger charge is -2.09. The standard InChI is InChI=1S/C8H6ClF2NO2/c9-1-4-6(14)2-12-5(3-13)7(4)8(10)11/h2-3,8,14H,1H2. The molecule has 0 bridgehead atoms. The van der Waals surface area contributed by atoms with Gasteiger partial charge in [0, 0.05) is 5.56 Å². The number of hydrogen-bond donors (Lipinski definition) is 1. The van der Waals surface area contributed by atoms with E-state index in [0.29, 0.717) is 0 Å². The molecule has 1 aromatic rings. The van der Waals surface area contributed by atoms with Gasteiger partial charge in [-0.15, -0.1) is 11.6 Å². The molecule has 0 aliphatic carbocycles. The third-order valence-electron chi connectivity index (χ3n) is 1.70. The topological polar surface area (TPSA) is 50.2 Å². The minimum atomic E-state index is -2.89. The van der Waals surface area contributed by atoms with Crippen molar-refractivity contribution in [1.29, 1.82) is 0 Å². The van der Waals surface area contributed by atoms with Gasteiger partial charge in [0.15, 0.2) is 6.29 Å². The van der Waals surface area contributed by atoms with Crippen LogP contribution in [0.15, 0.2) is 6.20 Å². The lowest BCUT2D eigenvalue weighted by molar-refractivity contribution is 0.110. The van der Waals surface area contributed by atoms with E-state index in [0.717, 1.165) is 6.20 Å². The fourth-order valence-corrected chi connectivity index (χ4v) is 1.33. The van der Waals surface area contributed by atoms with E-state index in [1.165, 1.54) is 0 Å². The summed E-state index contributed by atoms with van der Waals surface area (Å²) < 4.78 is 24.9. The Balaban J connectivity index is 3.43. The molecule has 0 radical (unpaired) electrons. The first kappa shape index (κ1) is 10.8. The van der Waals surface area contributed by atoms with E-state index >= 15 is 0 Å². The Morgan fingerprint density at radius 2 is 2.29 bits per heavy atom. The van der Waals surface area contributed by atoms with Gasteiger partial charge in [0.1, 0.15) is 11.4 Å². The first-order chi connectivity index (χ1) is 6.61. The van der Waals surface area contributed by atoms with E-state index in [1.807, 2.05) is 0 Å². The summed E-state index contributed by atoms with van der Waals surface area (Å²) in [6, 6.07) is 0. The number of halogens is 3. The molecular weight excluding hydrogens is 216 g/mol. The number of pyridine rings is 1. The molecule has 3 nitrogen and oxygen atoms in total. The number of rotatable bonds is 3. The Morgan fingerprint density at radius 3 is 2.71 bits per heavy atom. The summed E-state index contributed by atoms with van der Waals surface area (Å²) in [6.45, 7) is 0. The van der Waals surface area contributed by atoms with Crippen molar-refractivity contribution in [2.75, 3.05) is 0 Å². The highest BCUT2D eigenvalue weighted by Crippen LogP contribution is 2.31. The van der Waals surface area contributed by atoms with Crippen LogP contribution in [0.3, 0.4) is 0 Å². The maximum atomic E-state index is 12.5. The zero-order valence-corrected chi connectivity index (χ0v) is 7.63. The highest BCUT2D eigenvalue weighted by atomic mass is 35.5. The number of aldehydes is 1. The fraction of sp³-hybridized carbons (Fsp3) is 0.250. The normalized spacial score (nSPS) is 10.6. The molecule has 1 N–H and O–H groups in total. The van der Waals surface area contributed by atoms with E-state index in [4.69, 9.17) is 16.7 Å². The molecule has 0 aliphatic rings. The SMILES string of the molecule is O=Cc1ncc(O)c(CCl)c1C(F)F. The van der Waals surface area contributed by atoms with Crippen molar-refractivity contribution >= 4 is 17.9 Å². The maximum absolute atomic E-state index is 12.5. The second-order valence-corrected chi connectivity index (χ2v) is 2.74. The predicted octanol–water partition coefficient (Wildman–Crippen LogP) is 2.28. The van der Waals surface area contributed by atoms with Gasteiger partial charge in [0.25, 0.3) is 6.43 Å². The monoisotopic (exact) mass is 221 g/mol. The highest BCUT2D eigenvalue weighted by molar-refractivity contribution is 6.17. The molecule has 0 fully saturated rings. The van der Waals surface area contributed by atoms with Crippen LogP contribution in [0.2, 0.25) is 0 Å². The van der Waals surface area contributed by atoms with Crippen LogP contribution in [0.5, 0.6) is 5.75 Å². The van der Waals surface area contributed by atoms with Crippen molar-refractivity contribution in [2.45, 2.75) is 12.3 Å². The molecule has 0 aliphatic heterocycles. The Morgan fingerprint density at radius 1 is 1.64 bits per heavy atom. The number of nitrogens with zero attached hydrogens (tertiary/aromatic N) is 1. The molecule has 1 rings (SSSR count). The average molecular weight is 222 g/mol. The molecule has 14 heavy (non-hydrogen) atoms. The zero-order valence-electron chi connectivity index (χ0n) is 6.88. The van der Waals surface area contributed by atoms with Gasteiger partial charge < -0.3 is 5.11 Å². The van der Waals surface area contributed by atoms with Gasteiger partial charge in [-0.05, 0) is 0 Å². The van der Waals surface area contributed by atoms with Crippen molar-refractivity contribution in [3.63, 3.8) is 0 Å². The van der Waals surface area contributed by atoms with Crippen LogP contribution < -0.4 is 0 Å². The molecule has 1 aromatic heterocycles. The van der Waals surface area contributed by atoms with Gasteiger partial charge in [-0.2, -0.15) is 0 Å². The third kappa shape index (κ3) is 1.82. The minimum Gasteiger partial charge on any atom is -0.506 e. The molecule has 0 amide bonds. The van der Waals surface area contributed by atoms with Crippen molar-refractivity contribution < 1.29 is 18.7 Å². The van der Waals surface area contributed by atoms with Gasteiger partial charge >= 0.3 is 0 Å². The summed E-state index contributed by atoms with van der Waals surface area (Å²) in [4.78, 5) is 13.8. The Hall–Kier alpha value is -1.23. The first-order valence-corrected chi connectivity index (χ1v) is 4.15. The Labute approximate surface area is 83.3 Å². The zero-order chi connectivity index (χ0) is 10.7. The number of aromatic hydroxyl groups is 1. The van der Waals surface area contributed by atoms with Crippen LogP contribution in [-0.2, 0) is 5.88 Å². The molecule has 76 valence electrons. The quantitative estimate of drug-likeness (QED) is 0.629. The molecule has 0 saturated carbocycles. The number of aromatic nitrogens is 1. The van der Waals surface area contributed by atoms with Crippen molar-refractivity contribution in [3.8, 4) is 5.75 Å². The maximum Gasteiger partial charge on any atom is 0.266 e. The summed E-state index contributed by atoms with van der Waals surface area (Å²) in [6.07, 6.45) is -1.76. The predicted molar refractivity (Wildman–Crippen MR) is 45.8 cm³/mol. The van der Waals surface area contributed by atoms with Crippen LogP contribution in [-0.4, -0.2) is 16.4 Å². The minimum absolute atomic E-state index is 0.154. The summed E-state index contributed by atoms with van der Waals surface area (Å²) in [7, 11) is 0. The van der Waals surface area contributed by atoms with Crippen LogP contribution in [0.1, 0.15) is 28.0 Å². The van der Waals surface area contributed by atoms with Crippen LogP contribution in [0, 0.1) is 0 Å². The van der Waals surface area contributed by atoms with E-state index in [9.17, 15) is 13.6 Å². The molecular formula is C8H6ClF2NO2. The first-order valence-electron chi connectivity index (χ1n) is 3.61. The molecule has 0 spiro atoms. The van der Waals surface area contributed by atoms with Crippen LogP contribution >= 0.6 is 11.6 Å². The number of carbonyl (C=O) groups is 1. The van der Waals surface area contributed by atoms with E-state index in [1.54, 1.807) is 0 Å². The summed E-state index contributed by atoms with van der Waals surface area (Å²) in [5.41, 5.74) is -1.15. The highest BCUT2D eigenvalue weighted by Gasteiger charge is 2.21. The van der Waals surface area contributed by atoms with Crippen LogP contribution in [0.4, 0.5) is 8.78 Å². The van der Waals surface area contributed by atoms with Crippen LogP contribution in [0.25, 0.3) is 0 Å². The lowest BCUT2D eigenvalue weighted by atomic mass is 10.1. The number of hydrogen-bond acceptors (Lipinski definition) is 3. The van der Waals surface area contributed by atoms with Crippen molar-refractivity contribution in [3.05, 3.63) is 23.0 Å². The Kier molecular flexibility index (Phi) is 3.35. The second-order valence-electron chi connectivity index (χ2n) is 2.47. The second kappa shape index (κ2) is 4.32. The molecule has 0 atom stereocenters. The summed E-state index contributed by atoms with van der Waals surface area (Å²) in [5.74, 6) is -0.726. The van der Waals surface area contributed by atoms with Gasteiger partial charge in [0.2, 0.25) is 0 Å². The molecule has 0 aromatic carbocycles. The fourth-order valence-electron chi connectivity index (χ4n) is 1.05.